The highest BCUT2D eigenvalue weighted by Crippen LogP contribution is 2.33. The molecule has 20 heavy (non-hydrogen) atoms. The van der Waals surface area contributed by atoms with Crippen molar-refractivity contribution in [1.82, 2.24) is 0 Å². The lowest BCUT2D eigenvalue weighted by Crippen LogP contribution is -2.27. The predicted octanol–water partition coefficient (Wildman–Crippen LogP) is 3.16. The summed E-state index contributed by atoms with van der Waals surface area (Å²) in [5.74, 6) is -0.209. The lowest BCUT2D eigenvalue weighted by atomic mass is 9.90. The zero-order valence-corrected chi connectivity index (χ0v) is 11.5. The number of thiophene rings is 1. The molecular weight excluding hydrogens is 270 g/mol. The molecule has 0 bridgehead atoms. The van der Waals surface area contributed by atoms with Gasteiger partial charge in [0.25, 0.3) is 0 Å². The number of carbonyl (C=O) groups is 1. The van der Waals surface area contributed by atoms with Gasteiger partial charge >= 0.3 is 0 Å². The SMILES string of the molecule is N#Cc1ccsc1NC(=O)C1CCNc2ccccc21. The number of nitriles is 1. The standard InChI is InChI=1S/C15H13N3OS/c16-9-10-6-8-20-15(10)18-14(19)12-5-7-17-13-4-2-1-3-11(12)13/h1-4,6,8,12,17H,5,7H2,(H,18,19). The van der Waals surface area contributed by atoms with Crippen LogP contribution in [0.4, 0.5) is 10.7 Å². The average Bonchev–Trinajstić information content (AvgIpc) is 2.93. The molecule has 0 fully saturated rings. The summed E-state index contributed by atoms with van der Waals surface area (Å²) in [5.41, 5.74) is 2.56. The molecule has 5 heteroatoms. The number of nitrogens with one attached hydrogen (secondary N) is 2. The van der Waals surface area contributed by atoms with Crippen LogP contribution in [0.1, 0.15) is 23.5 Å². The van der Waals surface area contributed by atoms with Crippen molar-refractivity contribution in [3.8, 4) is 6.07 Å². The van der Waals surface area contributed by atoms with Crippen LogP contribution in [-0.2, 0) is 4.79 Å². The summed E-state index contributed by atoms with van der Waals surface area (Å²) in [5, 5.41) is 17.6. The first-order chi connectivity index (χ1) is 9.79. The molecule has 0 saturated heterocycles. The highest BCUT2D eigenvalue weighted by atomic mass is 32.1. The number of rotatable bonds is 2. The second-order valence-electron chi connectivity index (χ2n) is 4.62. The molecule has 3 rings (SSSR count). The van der Waals surface area contributed by atoms with Crippen molar-refractivity contribution < 1.29 is 4.79 Å². The molecule has 0 saturated carbocycles. The van der Waals surface area contributed by atoms with Crippen LogP contribution in [0.5, 0.6) is 0 Å². The van der Waals surface area contributed by atoms with E-state index in [1.807, 2.05) is 29.6 Å². The van der Waals surface area contributed by atoms with Crippen LogP contribution in [0.2, 0.25) is 0 Å². The Labute approximate surface area is 121 Å². The number of hydrogen-bond acceptors (Lipinski definition) is 4. The van der Waals surface area contributed by atoms with Crippen molar-refractivity contribution in [3.05, 3.63) is 46.8 Å². The van der Waals surface area contributed by atoms with Crippen LogP contribution in [-0.4, -0.2) is 12.5 Å². The topological polar surface area (TPSA) is 64.9 Å². The van der Waals surface area contributed by atoms with Crippen molar-refractivity contribution in [2.24, 2.45) is 0 Å². The second-order valence-corrected chi connectivity index (χ2v) is 5.54. The number of hydrogen-bond donors (Lipinski definition) is 2. The van der Waals surface area contributed by atoms with Crippen LogP contribution in [0.25, 0.3) is 0 Å². The third kappa shape index (κ3) is 2.26. The maximum Gasteiger partial charge on any atom is 0.232 e. The Kier molecular flexibility index (Phi) is 3.40. The van der Waals surface area contributed by atoms with E-state index in [0.717, 1.165) is 24.2 Å². The first-order valence-electron chi connectivity index (χ1n) is 6.41. The molecule has 1 atom stereocenters. The fourth-order valence-electron chi connectivity index (χ4n) is 2.43. The first-order valence-corrected chi connectivity index (χ1v) is 7.29. The zero-order valence-electron chi connectivity index (χ0n) is 10.7. The van der Waals surface area contributed by atoms with Gasteiger partial charge in [0, 0.05) is 12.2 Å². The third-order valence-corrected chi connectivity index (χ3v) is 4.25. The van der Waals surface area contributed by atoms with Crippen LogP contribution in [0, 0.1) is 11.3 Å². The summed E-state index contributed by atoms with van der Waals surface area (Å²) in [6.45, 7) is 0.782. The van der Waals surface area contributed by atoms with E-state index in [1.165, 1.54) is 11.3 Å². The smallest absolute Gasteiger partial charge is 0.232 e. The highest BCUT2D eigenvalue weighted by molar-refractivity contribution is 7.14. The molecule has 1 aliphatic rings. The summed E-state index contributed by atoms with van der Waals surface area (Å²) in [7, 11) is 0. The molecule has 2 heterocycles. The summed E-state index contributed by atoms with van der Waals surface area (Å²) in [4.78, 5) is 12.5. The van der Waals surface area contributed by atoms with Gasteiger partial charge in [0.15, 0.2) is 0 Å². The van der Waals surface area contributed by atoms with Crippen LogP contribution in [0.15, 0.2) is 35.7 Å². The Morgan fingerprint density at radius 1 is 1.40 bits per heavy atom. The Hall–Kier alpha value is -2.32. The van der Waals surface area contributed by atoms with E-state index in [2.05, 4.69) is 16.7 Å². The number of amides is 1. The fraction of sp³-hybridized carbons (Fsp3) is 0.200. The fourth-order valence-corrected chi connectivity index (χ4v) is 3.17. The number of para-hydroxylation sites is 1. The summed E-state index contributed by atoms with van der Waals surface area (Å²) in [6.07, 6.45) is 0.760. The largest absolute Gasteiger partial charge is 0.385 e. The van der Waals surface area contributed by atoms with Crippen molar-refractivity contribution in [1.29, 1.82) is 5.26 Å². The van der Waals surface area contributed by atoms with E-state index >= 15 is 0 Å². The van der Waals surface area contributed by atoms with Gasteiger partial charge < -0.3 is 10.6 Å². The number of fused-ring (bicyclic) bond motifs is 1. The molecule has 1 aliphatic heterocycles. The van der Waals surface area contributed by atoms with E-state index in [1.54, 1.807) is 6.07 Å². The molecule has 0 radical (unpaired) electrons. The van der Waals surface area contributed by atoms with Gasteiger partial charge in [0.2, 0.25) is 5.91 Å². The Morgan fingerprint density at radius 3 is 3.10 bits per heavy atom. The van der Waals surface area contributed by atoms with Crippen molar-refractivity contribution in [2.45, 2.75) is 12.3 Å². The number of carbonyl (C=O) groups excluding carboxylic acids is 1. The van der Waals surface area contributed by atoms with Gasteiger partial charge in [0.05, 0.1) is 11.5 Å². The van der Waals surface area contributed by atoms with E-state index in [0.29, 0.717) is 10.6 Å². The molecule has 100 valence electrons. The molecule has 1 unspecified atom stereocenters. The highest BCUT2D eigenvalue weighted by Gasteiger charge is 2.26. The maximum atomic E-state index is 12.5. The van der Waals surface area contributed by atoms with Crippen LogP contribution >= 0.6 is 11.3 Å². The quantitative estimate of drug-likeness (QED) is 0.889. The number of nitrogens with zero attached hydrogens (tertiary/aromatic N) is 1. The minimum atomic E-state index is -0.166. The van der Waals surface area contributed by atoms with Crippen LogP contribution in [0.3, 0.4) is 0 Å². The van der Waals surface area contributed by atoms with E-state index in [-0.39, 0.29) is 11.8 Å². The predicted molar refractivity (Wildman–Crippen MR) is 80.0 cm³/mol. The number of benzene rings is 1. The minimum absolute atomic E-state index is 0.0436. The Morgan fingerprint density at radius 2 is 2.25 bits per heavy atom. The minimum Gasteiger partial charge on any atom is -0.385 e. The van der Waals surface area contributed by atoms with Crippen LogP contribution < -0.4 is 10.6 Å². The van der Waals surface area contributed by atoms with Gasteiger partial charge in [-0.15, -0.1) is 11.3 Å². The molecule has 1 aromatic carbocycles. The molecule has 1 aromatic heterocycles. The first kappa shape index (κ1) is 12.7. The van der Waals surface area contributed by atoms with Crippen molar-refractivity contribution in [2.75, 3.05) is 17.2 Å². The van der Waals surface area contributed by atoms with Gasteiger partial charge in [-0.05, 0) is 29.5 Å². The third-order valence-electron chi connectivity index (χ3n) is 3.42. The summed E-state index contributed by atoms with van der Waals surface area (Å²) in [6, 6.07) is 11.7. The van der Waals surface area contributed by atoms with E-state index in [9.17, 15) is 4.79 Å². The summed E-state index contributed by atoms with van der Waals surface area (Å²) < 4.78 is 0. The lowest BCUT2D eigenvalue weighted by Gasteiger charge is -2.25. The van der Waals surface area contributed by atoms with E-state index < -0.39 is 0 Å². The van der Waals surface area contributed by atoms with Gasteiger partial charge in [-0.3, -0.25) is 4.79 Å². The molecule has 4 nitrogen and oxygen atoms in total. The molecule has 0 aliphatic carbocycles. The molecule has 1 amide bonds. The monoisotopic (exact) mass is 283 g/mol. The average molecular weight is 283 g/mol. The summed E-state index contributed by atoms with van der Waals surface area (Å²) >= 11 is 1.38. The van der Waals surface area contributed by atoms with Gasteiger partial charge in [-0.2, -0.15) is 5.26 Å². The zero-order chi connectivity index (χ0) is 13.9. The maximum absolute atomic E-state index is 12.5. The molecule has 2 aromatic rings. The number of anilines is 2. The van der Waals surface area contributed by atoms with Gasteiger partial charge in [0.1, 0.15) is 11.1 Å². The Balaban J connectivity index is 1.84. The molecular formula is C15H13N3OS. The normalized spacial score (nSPS) is 16.6. The van der Waals surface area contributed by atoms with Crippen molar-refractivity contribution in [3.63, 3.8) is 0 Å². The molecule has 0 spiro atoms. The second kappa shape index (κ2) is 5.35. The Bertz CT molecular complexity index is 686. The van der Waals surface area contributed by atoms with E-state index in [4.69, 9.17) is 5.26 Å². The lowest BCUT2D eigenvalue weighted by molar-refractivity contribution is -0.117. The van der Waals surface area contributed by atoms with Gasteiger partial charge in [-0.25, -0.2) is 0 Å². The molecule has 2 N–H and O–H groups in total. The van der Waals surface area contributed by atoms with Crippen molar-refractivity contribution >= 4 is 27.9 Å². The van der Waals surface area contributed by atoms with Gasteiger partial charge in [-0.1, -0.05) is 18.2 Å².